The number of aromatic hydroxyl groups is 1. The van der Waals surface area contributed by atoms with E-state index in [1.54, 1.807) is 0 Å². The number of benzene rings is 1. The number of rotatable bonds is 4. The van der Waals surface area contributed by atoms with Crippen molar-refractivity contribution < 1.29 is 18.3 Å². The van der Waals surface area contributed by atoms with Gasteiger partial charge in [0.1, 0.15) is 5.75 Å². The number of nitrogens with zero attached hydrogens (tertiary/aromatic N) is 1. The Balaban J connectivity index is 1.82. The van der Waals surface area contributed by atoms with E-state index in [1.807, 2.05) is 0 Å². The Kier molecular flexibility index (Phi) is 4.59. The van der Waals surface area contributed by atoms with E-state index >= 15 is 0 Å². The first-order valence-electron chi connectivity index (χ1n) is 8.12. The smallest absolute Gasteiger partial charge is 0.243 e. The Hall–Kier alpha value is -1.60. The van der Waals surface area contributed by atoms with Gasteiger partial charge in [-0.15, -0.1) is 0 Å². The van der Waals surface area contributed by atoms with E-state index in [-0.39, 0.29) is 28.2 Å². The second-order valence-electron chi connectivity index (χ2n) is 6.26. The second kappa shape index (κ2) is 6.49. The van der Waals surface area contributed by atoms with Crippen molar-refractivity contribution in [3.63, 3.8) is 0 Å². The predicted molar refractivity (Wildman–Crippen MR) is 86.7 cm³/mol. The van der Waals surface area contributed by atoms with Gasteiger partial charge in [-0.05, 0) is 43.9 Å². The van der Waals surface area contributed by atoms with Gasteiger partial charge in [0.15, 0.2) is 0 Å². The van der Waals surface area contributed by atoms with Crippen molar-refractivity contribution in [2.24, 2.45) is 5.92 Å². The van der Waals surface area contributed by atoms with Crippen LogP contribution in [0.1, 0.15) is 38.5 Å². The van der Waals surface area contributed by atoms with E-state index in [9.17, 15) is 18.3 Å². The number of hydrogen-bond donors (Lipinski definition) is 2. The molecule has 1 amide bonds. The summed E-state index contributed by atoms with van der Waals surface area (Å²) in [4.78, 5) is 12.3. The number of carbonyl (C=O) groups is 1. The van der Waals surface area contributed by atoms with Crippen molar-refractivity contribution in [3.05, 3.63) is 18.2 Å². The van der Waals surface area contributed by atoms with Gasteiger partial charge < -0.3 is 10.4 Å². The van der Waals surface area contributed by atoms with Crippen molar-refractivity contribution >= 4 is 21.6 Å². The van der Waals surface area contributed by atoms with Gasteiger partial charge in [-0.2, -0.15) is 4.31 Å². The van der Waals surface area contributed by atoms with Crippen LogP contribution in [0.4, 0.5) is 5.69 Å². The summed E-state index contributed by atoms with van der Waals surface area (Å²) in [5, 5.41) is 12.6. The number of carbonyl (C=O) groups excluding carboxylic acids is 1. The van der Waals surface area contributed by atoms with Crippen LogP contribution in [0.15, 0.2) is 23.1 Å². The van der Waals surface area contributed by atoms with Crippen LogP contribution in [0.2, 0.25) is 0 Å². The fraction of sp³-hybridized carbons (Fsp3) is 0.562. The van der Waals surface area contributed by atoms with Gasteiger partial charge in [0.25, 0.3) is 0 Å². The van der Waals surface area contributed by atoms with Crippen LogP contribution in [-0.4, -0.2) is 36.8 Å². The molecule has 2 fully saturated rings. The molecule has 1 aliphatic carbocycles. The van der Waals surface area contributed by atoms with Gasteiger partial charge >= 0.3 is 0 Å². The molecule has 1 aromatic carbocycles. The normalized spacial score (nSPS) is 20.0. The molecule has 0 aromatic heterocycles. The number of hydrogen-bond acceptors (Lipinski definition) is 4. The summed E-state index contributed by atoms with van der Waals surface area (Å²) < 4.78 is 26.6. The van der Waals surface area contributed by atoms with Crippen molar-refractivity contribution in [1.29, 1.82) is 0 Å². The van der Waals surface area contributed by atoms with Crippen LogP contribution in [0.5, 0.6) is 5.75 Å². The number of sulfonamides is 1. The molecule has 3 rings (SSSR count). The van der Waals surface area contributed by atoms with Crippen LogP contribution in [0.3, 0.4) is 0 Å². The van der Waals surface area contributed by atoms with Gasteiger partial charge in [0, 0.05) is 19.0 Å². The maximum Gasteiger partial charge on any atom is 0.243 e. The standard InChI is InChI=1S/C16H22N2O4S/c19-15-8-7-13(23(21,22)18-9-3-4-10-18)11-14(15)17-16(20)12-5-1-2-6-12/h7-8,11-12,19H,1-6,9-10H2,(H,17,20). The number of nitrogens with one attached hydrogen (secondary N) is 1. The molecule has 1 saturated carbocycles. The lowest BCUT2D eigenvalue weighted by Crippen LogP contribution is -2.28. The van der Waals surface area contributed by atoms with Gasteiger partial charge in [0.2, 0.25) is 15.9 Å². The van der Waals surface area contributed by atoms with Crippen LogP contribution < -0.4 is 5.32 Å². The number of phenols is 1. The van der Waals surface area contributed by atoms with E-state index in [0.717, 1.165) is 38.5 Å². The zero-order chi connectivity index (χ0) is 16.4. The van der Waals surface area contributed by atoms with Crippen molar-refractivity contribution in [3.8, 4) is 5.75 Å². The fourth-order valence-electron chi connectivity index (χ4n) is 3.28. The summed E-state index contributed by atoms with van der Waals surface area (Å²) in [6, 6.07) is 4.07. The Morgan fingerprint density at radius 2 is 1.78 bits per heavy atom. The highest BCUT2D eigenvalue weighted by molar-refractivity contribution is 7.89. The molecule has 126 valence electrons. The third-order valence-corrected chi connectivity index (χ3v) is 6.55. The quantitative estimate of drug-likeness (QED) is 0.825. The first-order chi connectivity index (χ1) is 11.0. The highest BCUT2D eigenvalue weighted by Gasteiger charge is 2.28. The molecule has 1 aromatic rings. The summed E-state index contributed by atoms with van der Waals surface area (Å²) in [5.41, 5.74) is 0.169. The van der Waals surface area contributed by atoms with E-state index < -0.39 is 10.0 Å². The Morgan fingerprint density at radius 1 is 1.13 bits per heavy atom. The maximum absolute atomic E-state index is 12.6. The molecule has 0 bridgehead atoms. The molecule has 2 N–H and O–H groups in total. The van der Waals surface area contributed by atoms with E-state index in [1.165, 1.54) is 22.5 Å². The Morgan fingerprint density at radius 3 is 2.43 bits per heavy atom. The van der Waals surface area contributed by atoms with Gasteiger partial charge in [-0.25, -0.2) is 8.42 Å². The molecular weight excluding hydrogens is 316 g/mol. The second-order valence-corrected chi connectivity index (χ2v) is 8.20. The molecular formula is C16H22N2O4S. The maximum atomic E-state index is 12.6. The molecule has 1 aliphatic heterocycles. The summed E-state index contributed by atoms with van der Waals surface area (Å²) in [7, 11) is -3.56. The molecule has 2 aliphatic rings. The van der Waals surface area contributed by atoms with Gasteiger partial charge in [-0.3, -0.25) is 4.79 Å². The minimum Gasteiger partial charge on any atom is -0.506 e. The third-order valence-electron chi connectivity index (χ3n) is 4.65. The average molecular weight is 338 g/mol. The summed E-state index contributed by atoms with van der Waals surface area (Å²) in [5.74, 6) is -0.307. The first-order valence-corrected chi connectivity index (χ1v) is 9.56. The average Bonchev–Trinajstić information content (AvgIpc) is 3.23. The molecule has 0 atom stereocenters. The SMILES string of the molecule is O=C(Nc1cc(S(=O)(=O)N2CCCC2)ccc1O)C1CCCC1. The molecule has 0 radical (unpaired) electrons. The molecule has 6 nitrogen and oxygen atoms in total. The van der Waals surface area contributed by atoms with E-state index in [2.05, 4.69) is 5.32 Å². The lowest BCUT2D eigenvalue weighted by Gasteiger charge is -2.17. The summed E-state index contributed by atoms with van der Waals surface area (Å²) in [6.07, 6.45) is 5.49. The summed E-state index contributed by atoms with van der Waals surface area (Å²) >= 11 is 0. The zero-order valence-corrected chi connectivity index (χ0v) is 13.8. The highest BCUT2D eigenvalue weighted by Crippen LogP contribution is 2.31. The molecule has 7 heteroatoms. The first kappa shape index (κ1) is 16.3. The lowest BCUT2D eigenvalue weighted by atomic mass is 10.1. The fourth-order valence-corrected chi connectivity index (χ4v) is 4.82. The Labute approximate surface area is 136 Å². The lowest BCUT2D eigenvalue weighted by molar-refractivity contribution is -0.119. The molecule has 0 spiro atoms. The topological polar surface area (TPSA) is 86.7 Å². The van der Waals surface area contributed by atoms with Crippen molar-refractivity contribution in [2.45, 2.75) is 43.4 Å². The number of amides is 1. The molecule has 1 saturated heterocycles. The zero-order valence-electron chi connectivity index (χ0n) is 13.0. The van der Waals surface area contributed by atoms with E-state index in [0.29, 0.717) is 13.1 Å². The van der Waals surface area contributed by atoms with Crippen LogP contribution in [0.25, 0.3) is 0 Å². The number of phenolic OH excluding ortho intramolecular Hbond substituents is 1. The van der Waals surface area contributed by atoms with Crippen molar-refractivity contribution in [2.75, 3.05) is 18.4 Å². The van der Waals surface area contributed by atoms with Crippen molar-refractivity contribution in [1.82, 2.24) is 4.31 Å². The monoisotopic (exact) mass is 338 g/mol. The minimum absolute atomic E-state index is 0.0479. The number of anilines is 1. The predicted octanol–water partition coefficient (Wildman–Crippen LogP) is 2.31. The minimum atomic E-state index is -3.56. The Bertz CT molecular complexity index is 690. The van der Waals surface area contributed by atoms with E-state index in [4.69, 9.17) is 0 Å². The largest absolute Gasteiger partial charge is 0.506 e. The van der Waals surface area contributed by atoms with Crippen LogP contribution >= 0.6 is 0 Å². The molecule has 1 heterocycles. The van der Waals surface area contributed by atoms with Crippen LogP contribution in [0, 0.1) is 5.92 Å². The summed E-state index contributed by atoms with van der Waals surface area (Å²) in [6.45, 7) is 1.04. The third kappa shape index (κ3) is 3.35. The van der Waals surface area contributed by atoms with Gasteiger partial charge in [-0.1, -0.05) is 12.8 Å². The highest BCUT2D eigenvalue weighted by atomic mass is 32.2. The molecule has 23 heavy (non-hydrogen) atoms. The molecule has 0 unspecified atom stereocenters. The van der Waals surface area contributed by atoms with Crippen LogP contribution in [-0.2, 0) is 14.8 Å². The van der Waals surface area contributed by atoms with Gasteiger partial charge in [0.05, 0.1) is 10.6 Å².